The molecule has 0 saturated carbocycles. The summed E-state index contributed by atoms with van der Waals surface area (Å²) in [6, 6.07) is 13.2. The minimum atomic E-state index is -3.75. The highest BCUT2D eigenvalue weighted by atomic mass is 32.2. The lowest BCUT2D eigenvalue weighted by Crippen LogP contribution is -2.07. The maximum absolute atomic E-state index is 11.6. The van der Waals surface area contributed by atoms with Gasteiger partial charge < -0.3 is 28.1 Å². The molecule has 42 heavy (non-hydrogen) atoms. The first-order valence-corrected chi connectivity index (χ1v) is 16.6. The molecule has 0 aromatic heterocycles. The fraction of sp³-hybridized carbons (Fsp3) is 0.333. The molecule has 0 heterocycles. The highest BCUT2D eigenvalue weighted by Crippen LogP contribution is 2.42. The quantitative estimate of drug-likeness (QED) is 0.254. The predicted molar refractivity (Wildman–Crippen MR) is 157 cm³/mol. The monoisotopic (exact) mass is 616 g/mol. The van der Waals surface area contributed by atoms with E-state index in [2.05, 4.69) is 11.8 Å². The Balaban J connectivity index is 1.56. The number of aliphatic hydroxyl groups is 2. The van der Waals surface area contributed by atoms with E-state index in [4.69, 9.17) is 17.8 Å². The maximum atomic E-state index is 11.6. The zero-order chi connectivity index (χ0) is 30.7. The van der Waals surface area contributed by atoms with Crippen molar-refractivity contribution in [3.05, 3.63) is 70.8 Å². The van der Waals surface area contributed by atoms with Crippen LogP contribution >= 0.6 is 0 Å². The van der Waals surface area contributed by atoms with E-state index in [-0.39, 0.29) is 23.0 Å². The van der Waals surface area contributed by atoms with Gasteiger partial charge in [0.25, 0.3) is 0 Å². The van der Waals surface area contributed by atoms with E-state index >= 15 is 0 Å². The molecule has 2 N–H and O–H groups in total. The second-order valence-electron chi connectivity index (χ2n) is 9.85. The summed E-state index contributed by atoms with van der Waals surface area (Å²) in [5.74, 6) is 6.58. The second-order valence-corrected chi connectivity index (χ2v) is 13.0. The largest absolute Gasteiger partial charge is 0.493 e. The van der Waals surface area contributed by atoms with Crippen LogP contribution in [0.2, 0.25) is 0 Å². The van der Waals surface area contributed by atoms with Gasteiger partial charge in [-0.15, -0.1) is 0 Å². The maximum Gasteiger partial charge on any atom is 0.306 e. The summed E-state index contributed by atoms with van der Waals surface area (Å²) in [5.41, 5.74) is 4.43. The minimum Gasteiger partial charge on any atom is -0.493 e. The van der Waals surface area contributed by atoms with E-state index in [1.165, 1.54) is 26.4 Å². The topological polar surface area (TPSA) is 146 Å². The van der Waals surface area contributed by atoms with E-state index in [1.54, 1.807) is 24.3 Å². The van der Waals surface area contributed by atoms with Gasteiger partial charge in [0.15, 0.2) is 23.0 Å². The van der Waals surface area contributed by atoms with Crippen LogP contribution in [0.4, 0.5) is 0 Å². The third-order valence-corrected chi connectivity index (χ3v) is 7.58. The predicted octanol–water partition coefficient (Wildman–Crippen LogP) is 3.89. The summed E-state index contributed by atoms with van der Waals surface area (Å²) < 4.78 is 66.7. The van der Waals surface area contributed by atoms with Crippen LogP contribution in [0.3, 0.4) is 0 Å². The summed E-state index contributed by atoms with van der Waals surface area (Å²) in [7, 11) is -4.66. The number of hydrogen-bond donors (Lipinski definition) is 2. The Kier molecular flexibility index (Phi) is 9.37. The average molecular weight is 617 g/mol. The molecule has 4 rings (SSSR count). The van der Waals surface area contributed by atoms with Crippen molar-refractivity contribution >= 4 is 20.2 Å². The summed E-state index contributed by atoms with van der Waals surface area (Å²) in [4.78, 5) is 0. The van der Waals surface area contributed by atoms with Crippen LogP contribution in [0.25, 0.3) is 11.1 Å². The van der Waals surface area contributed by atoms with Crippen LogP contribution in [-0.4, -0.2) is 53.8 Å². The van der Waals surface area contributed by atoms with Crippen molar-refractivity contribution in [3.8, 4) is 46.0 Å². The van der Waals surface area contributed by atoms with Crippen LogP contribution in [-0.2, 0) is 26.7 Å². The lowest BCUT2D eigenvalue weighted by molar-refractivity contribution is 0.167. The van der Waals surface area contributed by atoms with Crippen molar-refractivity contribution in [2.75, 3.05) is 26.7 Å². The van der Waals surface area contributed by atoms with E-state index in [0.717, 1.165) is 34.8 Å². The molecule has 0 saturated heterocycles. The Hall–Kier alpha value is -3.76. The Morgan fingerprint density at radius 3 is 2.12 bits per heavy atom. The smallest absolute Gasteiger partial charge is 0.306 e. The highest BCUT2D eigenvalue weighted by Gasteiger charge is 2.26. The molecule has 10 nitrogen and oxygen atoms in total. The zero-order valence-electron chi connectivity index (χ0n) is 23.6. The number of aliphatic hydroxyl groups excluding tert-OH is 2. The van der Waals surface area contributed by atoms with E-state index < -0.39 is 32.4 Å². The standard InChI is InChI=1S/C30H32O10S2/c1-37-29-15-19(9-13-27(29)39-41(3,33)34)7-5-6-8-25(31)21-16-23(22-11-12-26(32)24(22)17-21)20-10-14-28(30(18-20)38-2)40-42(4,35)36/h9-10,13-18,25-26,31-32H,6,8,11-12H2,1-4H3. The molecule has 1 aliphatic rings. The van der Waals surface area contributed by atoms with Gasteiger partial charge in [0.1, 0.15) is 0 Å². The number of hydrogen-bond acceptors (Lipinski definition) is 10. The second kappa shape index (κ2) is 12.6. The summed E-state index contributed by atoms with van der Waals surface area (Å²) >= 11 is 0. The molecule has 224 valence electrons. The Bertz CT molecular complexity index is 1750. The van der Waals surface area contributed by atoms with Crippen LogP contribution in [0.15, 0.2) is 48.5 Å². The molecule has 12 heteroatoms. The van der Waals surface area contributed by atoms with E-state index in [9.17, 15) is 27.0 Å². The molecular weight excluding hydrogens is 584 g/mol. The number of benzene rings is 3. The summed E-state index contributed by atoms with van der Waals surface area (Å²) in [6.45, 7) is 0. The third kappa shape index (κ3) is 7.74. The lowest BCUT2D eigenvalue weighted by atomic mass is 9.91. The SMILES string of the molecule is COc1cc(C#CCCC(O)c2cc(-c3ccc(OS(C)(=O)=O)c(OC)c3)c3c(c2)C(O)CC3)ccc1OS(C)(=O)=O. The van der Waals surface area contributed by atoms with Crippen LogP contribution in [0.5, 0.6) is 23.0 Å². The van der Waals surface area contributed by atoms with Gasteiger partial charge in [-0.25, -0.2) is 0 Å². The first kappa shape index (κ1) is 31.2. The number of methoxy groups -OCH3 is 2. The normalized spacial score (nSPS) is 15.2. The number of fused-ring (bicyclic) bond motifs is 1. The first-order valence-electron chi connectivity index (χ1n) is 12.9. The van der Waals surface area contributed by atoms with Crippen LogP contribution < -0.4 is 17.8 Å². The van der Waals surface area contributed by atoms with Crippen LogP contribution in [0, 0.1) is 11.8 Å². The Morgan fingerprint density at radius 2 is 1.50 bits per heavy atom. The van der Waals surface area contributed by atoms with Crippen molar-refractivity contribution in [1.29, 1.82) is 0 Å². The minimum absolute atomic E-state index is 0.0605. The molecule has 3 aromatic rings. The Morgan fingerprint density at radius 1 is 0.881 bits per heavy atom. The number of ether oxygens (including phenoxy) is 2. The van der Waals surface area contributed by atoms with Gasteiger partial charge in [-0.2, -0.15) is 16.8 Å². The average Bonchev–Trinajstić information content (AvgIpc) is 3.30. The van der Waals surface area contributed by atoms with Crippen molar-refractivity contribution in [3.63, 3.8) is 0 Å². The summed E-state index contributed by atoms with van der Waals surface area (Å²) in [5, 5.41) is 21.7. The van der Waals surface area contributed by atoms with Crippen molar-refractivity contribution < 1.29 is 44.9 Å². The molecule has 0 fully saturated rings. The Labute approximate surface area is 246 Å². The zero-order valence-corrected chi connectivity index (χ0v) is 25.2. The molecule has 0 aliphatic heterocycles. The lowest BCUT2D eigenvalue weighted by Gasteiger charge is -2.18. The van der Waals surface area contributed by atoms with Crippen LogP contribution in [0.1, 0.15) is 53.7 Å². The van der Waals surface area contributed by atoms with Gasteiger partial charge in [0.05, 0.1) is 38.9 Å². The van der Waals surface area contributed by atoms with Gasteiger partial charge in [-0.1, -0.05) is 24.0 Å². The summed E-state index contributed by atoms with van der Waals surface area (Å²) in [6.07, 6.45) is 2.24. The number of rotatable bonds is 10. The molecule has 0 spiro atoms. The van der Waals surface area contributed by atoms with E-state index in [0.29, 0.717) is 36.8 Å². The van der Waals surface area contributed by atoms with Crippen molar-refractivity contribution in [2.45, 2.75) is 37.9 Å². The molecule has 0 amide bonds. The molecule has 2 unspecified atom stereocenters. The molecule has 0 radical (unpaired) electrons. The highest BCUT2D eigenvalue weighted by molar-refractivity contribution is 7.86. The molecule has 2 atom stereocenters. The van der Waals surface area contributed by atoms with Crippen molar-refractivity contribution in [1.82, 2.24) is 0 Å². The molecule has 3 aromatic carbocycles. The van der Waals surface area contributed by atoms with E-state index in [1.807, 2.05) is 12.1 Å². The van der Waals surface area contributed by atoms with Gasteiger partial charge in [-0.3, -0.25) is 0 Å². The van der Waals surface area contributed by atoms with Gasteiger partial charge >= 0.3 is 20.2 Å². The first-order chi connectivity index (χ1) is 19.8. The van der Waals surface area contributed by atoms with Gasteiger partial charge in [0, 0.05) is 12.0 Å². The third-order valence-electron chi connectivity index (χ3n) is 6.61. The molecular formula is C30H32O10S2. The van der Waals surface area contributed by atoms with Crippen molar-refractivity contribution in [2.24, 2.45) is 0 Å². The fourth-order valence-corrected chi connectivity index (χ4v) is 5.69. The van der Waals surface area contributed by atoms with Gasteiger partial charge in [0.2, 0.25) is 0 Å². The molecule has 0 bridgehead atoms. The molecule has 1 aliphatic carbocycles. The van der Waals surface area contributed by atoms with Gasteiger partial charge in [-0.05, 0) is 83.5 Å². The fourth-order valence-electron chi connectivity index (χ4n) is 4.76.